The number of urea groups is 1. The minimum atomic E-state index is 0.0426. The molecule has 2 aromatic rings. The Morgan fingerprint density at radius 2 is 1.96 bits per heavy atom. The number of aryl methyl sites for hydroxylation is 1. The minimum absolute atomic E-state index is 0.0426. The van der Waals surface area contributed by atoms with E-state index in [0.29, 0.717) is 24.8 Å². The van der Waals surface area contributed by atoms with E-state index in [9.17, 15) is 4.79 Å². The lowest BCUT2D eigenvalue weighted by atomic mass is 10.1. The molecule has 24 heavy (non-hydrogen) atoms. The molecule has 0 bridgehead atoms. The Morgan fingerprint density at radius 3 is 2.50 bits per heavy atom. The van der Waals surface area contributed by atoms with Crippen LogP contribution in [0.25, 0.3) is 11.5 Å². The summed E-state index contributed by atoms with van der Waals surface area (Å²) in [6, 6.07) is 7.62. The first-order valence-electron chi connectivity index (χ1n) is 8.22. The molecule has 0 spiro atoms. The molecule has 1 aliphatic rings. The maximum Gasteiger partial charge on any atom is 0.320 e. The van der Waals surface area contributed by atoms with Gasteiger partial charge >= 0.3 is 6.03 Å². The number of likely N-dealkylation sites (tertiary alicyclic amines) is 1. The first-order valence-corrected chi connectivity index (χ1v) is 8.22. The first kappa shape index (κ1) is 16.3. The number of hydrogen-bond acceptors (Lipinski definition) is 5. The van der Waals surface area contributed by atoms with Crippen molar-refractivity contribution in [3.8, 4) is 17.2 Å². The summed E-state index contributed by atoms with van der Waals surface area (Å²) in [6.07, 6.45) is 0.0426. The van der Waals surface area contributed by atoms with Crippen LogP contribution in [0, 0.1) is 6.92 Å². The fourth-order valence-corrected chi connectivity index (χ4v) is 2.65. The molecule has 0 unspecified atom stereocenters. The third kappa shape index (κ3) is 3.34. The summed E-state index contributed by atoms with van der Waals surface area (Å²) in [7, 11) is 0. The van der Waals surface area contributed by atoms with Crippen molar-refractivity contribution in [3.63, 3.8) is 0 Å². The molecule has 2 amide bonds. The number of aromatic nitrogens is 2. The second-order valence-electron chi connectivity index (χ2n) is 5.77. The van der Waals surface area contributed by atoms with Gasteiger partial charge in [0, 0.05) is 18.7 Å². The van der Waals surface area contributed by atoms with Gasteiger partial charge in [0.2, 0.25) is 0 Å². The van der Waals surface area contributed by atoms with Crippen LogP contribution in [0.2, 0.25) is 0 Å². The van der Waals surface area contributed by atoms with Crippen LogP contribution >= 0.6 is 0 Å². The molecule has 0 saturated carbocycles. The van der Waals surface area contributed by atoms with Crippen LogP contribution in [-0.2, 0) is 0 Å². The maximum atomic E-state index is 12.2. The molecular formula is C17H22N4O3. The molecule has 2 heterocycles. The molecule has 1 aromatic heterocycles. The Morgan fingerprint density at radius 1 is 1.29 bits per heavy atom. The van der Waals surface area contributed by atoms with E-state index in [1.807, 2.05) is 47.9 Å². The molecule has 1 aromatic carbocycles. The highest BCUT2D eigenvalue weighted by molar-refractivity contribution is 5.75. The molecule has 0 radical (unpaired) electrons. The monoisotopic (exact) mass is 330 g/mol. The fraction of sp³-hybridized carbons (Fsp3) is 0.471. The van der Waals surface area contributed by atoms with E-state index < -0.39 is 0 Å². The zero-order valence-electron chi connectivity index (χ0n) is 14.2. The van der Waals surface area contributed by atoms with E-state index in [0.717, 1.165) is 24.4 Å². The summed E-state index contributed by atoms with van der Waals surface area (Å²) < 4.78 is 11.0. The van der Waals surface area contributed by atoms with Crippen molar-refractivity contribution >= 4 is 6.03 Å². The lowest BCUT2D eigenvalue weighted by Crippen LogP contribution is -2.59. The fourth-order valence-electron chi connectivity index (χ4n) is 2.65. The van der Waals surface area contributed by atoms with Crippen molar-refractivity contribution in [3.05, 3.63) is 30.1 Å². The van der Waals surface area contributed by atoms with Gasteiger partial charge in [-0.05, 0) is 45.0 Å². The molecule has 0 aliphatic carbocycles. The van der Waals surface area contributed by atoms with Gasteiger partial charge in [0.25, 0.3) is 5.89 Å². The second kappa shape index (κ2) is 6.90. The second-order valence-corrected chi connectivity index (χ2v) is 5.77. The number of carbonyl (C=O) groups is 1. The molecule has 7 nitrogen and oxygen atoms in total. The van der Waals surface area contributed by atoms with E-state index in [1.165, 1.54) is 0 Å². The van der Waals surface area contributed by atoms with Gasteiger partial charge in [-0.15, -0.1) is 0 Å². The van der Waals surface area contributed by atoms with Crippen LogP contribution in [0.15, 0.2) is 28.8 Å². The Kier molecular flexibility index (Phi) is 4.69. The van der Waals surface area contributed by atoms with Crippen molar-refractivity contribution in [1.82, 2.24) is 19.9 Å². The normalized spacial score (nSPS) is 14.4. The Hall–Kier alpha value is -2.57. The van der Waals surface area contributed by atoms with Crippen molar-refractivity contribution in [2.24, 2.45) is 0 Å². The number of rotatable bonds is 5. The molecule has 1 aliphatic heterocycles. The molecule has 0 N–H and O–H groups in total. The zero-order valence-corrected chi connectivity index (χ0v) is 14.2. The molecule has 128 valence electrons. The van der Waals surface area contributed by atoms with Gasteiger partial charge in [0.1, 0.15) is 11.9 Å². The average Bonchev–Trinajstić information content (AvgIpc) is 2.98. The summed E-state index contributed by atoms with van der Waals surface area (Å²) in [5.74, 6) is 1.88. The summed E-state index contributed by atoms with van der Waals surface area (Å²) in [6.45, 7) is 8.47. The highest BCUT2D eigenvalue weighted by atomic mass is 16.5. The largest absolute Gasteiger partial charge is 0.487 e. The summed E-state index contributed by atoms with van der Waals surface area (Å²) >= 11 is 0. The van der Waals surface area contributed by atoms with E-state index >= 15 is 0 Å². The number of amides is 2. The lowest BCUT2D eigenvalue weighted by Gasteiger charge is -2.41. The number of benzene rings is 1. The number of carbonyl (C=O) groups excluding carboxylic acids is 1. The third-order valence-corrected chi connectivity index (χ3v) is 4.08. The van der Waals surface area contributed by atoms with Crippen LogP contribution in [0.5, 0.6) is 5.75 Å². The quantitative estimate of drug-likeness (QED) is 0.842. The van der Waals surface area contributed by atoms with Crippen molar-refractivity contribution < 1.29 is 14.1 Å². The smallest absolute Gasteiger partial charge is 0.320 e. The highest BCUT2D eigenvalue weighted by Crippen LogP contribution is 2.23. The Bertz CT molecular complexity index is 688. The van der Waals surface area contributed by atoms with Gasteiger partial charge in [-0.25, -0.2) is 4.79 Å². The van der Waals surface area contributed by atoms with Crippen LogP contribution in [0.4, 0.5) is 4.79 Å². The van der Waals surface area contributed by atoms with E-state index in [-0.39, 0.29) is 12.1 Å². The van der Waals surface area contributed by atoms with Crippen LogP contribution < -0.4 is 4.74 Å². The van der Waals surface area contributed by atoms with Crippen molar-refractivity contribution in [2.75, 3.05) is 26.2 Å². The molecule has 1 fully saturated rings. The first-order chi connectivity index (χ1) is 11.6. The topological polar surface area (TPSA) is 71.7 Å². The molecular weight excluding hydrogens is 308 g/mol. The molecule has 7 heteroatoms. The van der Waals surface area contributed by atoms with Crippen LogP contribution in [-0.4, -0.2) is 58.3 Å². The van der Waals surface area contributed by atoms with E-state index in [4.69, 9.17) is 9.26 Å². The van der Waals surface area contributed by atoms with Crippen LogP contribution in [0.1, 0.15) is 19.7 Å². The number of nitrogens with zero attached hydrogens (tertiary/aromatic N) is 4. The predicted molar refractivity (Wildman–Crippen MR) is 88.8 cm³/mol. The van der Waals surface area contributed by atoms with Crippen molar-refractivity contribution in [2.45, 2.75) is 26.9 Å². The van der Waals surface area contributed by atoms with E-state index in [1.54, 1.807) is 6.92 Å². The SMILES string of the molecule is CCN(CC)C(=O)N1CC(Oc2ccc(-c3nc(C)no3)cc2)C1. The van der Waals surface area contributed by atoms with Gasteiger partial charge in [0.05, 0.1) is 13.1 Å². The number of hydrogen-bond donors (Lipinski definition) is 0. The average molecular weight is 330 g/mol. The molecule has 3 rings (SSSR count). The highest BCUT2D eigenvalue weighted by Gasteiger charge is 2.34. The maximum absolute atomic E-state index is 12.2. The van der Waals surface area contributed by atoms with Gasteiger partial charge in [0.15, 0.2) is 5.82 Å². The van der Waals surface area contributed by atoms with Crippen LogP contribution in [0.3, 0.4) is 0 Å². The van der Waals surface area contributed by atoms with Gasteiger partial charge < -0.3 is 19.1 Å². The zero-order chi connectivity index (χ0) is 17.1. The van der Waals surface area contributed by atoms with Gasteiger partial charge in [-0.2, -0.15) is 4.98 Å². The third-order valence-electron chi connectivity index (χ3n) is 4.08. The van der Waals surface area contributed by atoms with Crippen molar-refractivity contribution in [1.29, 1.82) is 0 Å². The molecule has 1 saturated heterocycles. The van der Waals surface area contributed by atoms with E-state index in [2.05, 4.69) is 10.1 Å². The Balaban J connectivity index is 1.52. The summed E-state index contributed by atoms with van der Waals surface area (Å²) in [5.41, 5.74) is 0.856. The predicted octanol–water partition coefficient (Wildman–Crippen LogP) is 2.57. The Labute approximate surface area is 141 Å². The summed E-state index contributed by atoms with van der Waals surface area (Å²) in [5, 5.41) is 3.78. The van der Waals surface area contributed by atoms with Gasteiger partial charge in [-0.1, -0.05) is 5.16 Å². The summed E-state index contributed by atoms with van der Waals surface area (Å²) in [4.78, 5) is 20.0. The number of ether oxygens (including phenoxy) is 1. The minimum Gasteiger partial charge on any atom is -0.487 e. The lowest BCUT2D eigenvalue weighted by molar-refractivity contribution is 0.0319. The van der Waals surface area contributed by atoms with Gasteiger partial charge in [-0.3, -0.25) is 0 Å². The molecule has 0 atom stereocenters. The standard InChI is InChI=1S/C17H22N4O3/c1-4-20(5-2)17(22)21-10-15(11-21)23-14-8-6-13(7-9-14)16-18-12(3)19-24-16/h6-9,15H,4-5,10-11H2,1-3H3.